The first-order valence-corrected chi connectivity index (χ1v) is 10.3. The van der Waals surface area contributed by atoms with Gasteiger partial charge in [0.1, 0.15) is 0 Å². The Kier molecular flexibility index (Phi) is 5.89. The number of alkyl halides is 3. The lowest BCUT2D eigenvalue weighted by molar-refractivity contribution is -0.137. The second-order valence-corrected chi connectivity index (χ2v) is 8.07. The van der Waals surface area contributed by atoms with Gasteiger partial charge in [-0.1, -0.05) is 23.2 Å². The standard InChI is InChI=1S/C21H18Cl2F3N3O2/c1-28-13(10-17-18(28)8-12(11-27-17)21(24,25)26)9-15-16(22)3-2-14(19(15)23)20(30)29-4-6-31-7-5-29/h2-3,8,10-11H,4-7,9H2,1H3. The van der Waals surface area contributed by atoms with Crippen LogP contribution in [0.5, 0.6) is 0 Å². The van der Waals surface area contributed by atoms with Crippen molar-refractivity contribution in [3.05, 3.63) is 62.9 Å². The van der Waals surface area contributed by atoms with Gasteiger partial charge in [-0.15, -0.1) is 0 Å². The van der Waals surface area contributed by atoms with E-state index in [0.29, 0.717) is 59.2 Å². The fraction of sp³-hybridized carbons (Fsp3) is 0.333. The number of hydrogen-bond donors (Lipinski definition) is 0. The summed E-state index contributed by atoms with van der Waals surface area (Å²) < 4.78 is 46.1. The van der Waals surface area contributed by atoms with Crippen LogP contribution in [-0.4, -0.2) is 46.7 Å². The zero-order valence-corrected chi connectivity index (χ0v) is 18.0. The van der Waals surface area contributed by atoms with Crippen LogP contribution in [0.1, 0.15) is 27.2 Å². The molecular formula is C21H18Cl2F3N3O2. The van der Waals surface area contributed by atoms with Crippen LogP contribution >= 0.6 is 23.2 Å². The van der Waals surface area contributed by atoms with Crippen molar-refractivity contribution in [2.24, 2.45) is 7.05 Å². The van der Waals surface area contributed by atoms with Gasteiger partial charge in [0.2, 0.25) is 0 Å². The molecule has 0 spiro atoms. The first kappa shape index (κ1) is 21.9. The third-order valence-corrected chi connectivity index (χ3v) is 6.18. The molecule has 1 aliphatic rings. The lowest BCUT2D eigenvalue weighted by Gasteiger charge is -2.27. The van der Waals surface area contributed by atoms with E-state index in [1.807, 2.05) is 0 Å². The molecule has 164 valence electrons. The molecule has 2 aromatic heterocycles. The monoisotopic (exact) mass is 471 g/mol. The van der Waals surface area contributed by atoms with Gasteiger partial charge in [0.15, 0.2) is 0 Å². The van der Waals surface area contributed by atoms with Crippen LogP contribution in [0.4, 0.5) is 13.2 Å². The maximum absolute atomic E-state index is 13.1. The van der Waals surface area contributed by atoms with Crippen LogP contribution in [0.15, 0.2) is 30.5 Å². The Balaban J connectivity index is 1.70. The smallest absolute Gasteiger partial charge is 0.378 e. The van der Waals surface area contributed by atoms with Crippen molar-refractivity contribution >= 4 is 40.1 Å². The van der Waals surface area contributed by atoms with Gasteiger partial charge in [0, 0.05) is 43.5 Å². The molecule has 31 heavy (non-hydrogen) atoms. The van der Waals surface area contributed by atoms with Gasteiger partial charge in [0.25, 0.3) is 5.91 Å². The summed E-state index contributed by atoms with van der Waals surface area (Å²) in [6.45, 7) is 1.88. The van der Waals surface area contributed by atoms with E-state index in [4.69, 9.17) is 27.9 Å². The Morgan fingerprint density at radius 2 is 1.90 bits per heavy atom. The van der Waals surface area contributed by atoms with Gasteiger partial charge >= 0.3 is 6.18 Å². The van der Waals surface area contributed by atoms with Crippen molar-refractivity contribution < 1.29 is 22.7 Å². The Hall–Kier alpha value is -2.29. The van der Waals surface area contributed by atoms with E-state index in [0.717, 1.165) is 12.3 Å². The molecule has 4 rings (SSSR count). The molecule has 1 aromatic carbocycles. The Labute approximate surface area is 186 Å². The molecule has 3 heterocycles. The van der Waals surface area contributed by atoms with Crippen LogP contribution in [0.25, 0.3) is 11.0 Å². The number of carbonyl (C=O) groups is 1. The Morgan fingerprint density at radius 3 is 2.58 bits per heavy atom. The number of carbonyl (C=O) groups excluding carboxylic acids is 1. The highest BCUT2D eigenvalue weighted by molar-refractivity contribution is 6.38. The summed E-state index contributed by atoms with van der Waals surface area (Å²) in [5, 5.41) is 0.607. The molecule has 1 amide bonds. The van der Waals surface area contributed by atoms with Gasteiger partial charge in [-0.25, -0.2) is 0 Å². The van der Waals surface area contributed by atoms with Crippen LogP contribution in [0, 0.1) is 0 Å². The zero-order valence-electron chi connectivity index (χ0n) is 16.5. The number of benzene rings is 1. The minimum absolute atomic E-state index is 0.209. The molecule has 0 saturated carbocycles. The maximum Gasteiger partial charge on any atom is 0.417 e. The molecule has 5 nitrogen and oxygen atoms in total. The van der Waals surface area contributed by atoms with Crippen molar-refractivity contribution in [1.29, 1.82) is 0 Å². The summed E-state index contributed by atoms with van der Waals surface area (Å²) >= 11 is 13.0. The average Bonchev–Trinajstić information content (AvgIpc) is 3.05. The lowest BCUT2D eigenvalue weighted by Crippen LogP contribution is -2.40. The third-order valence-electron chi connectivity index (χ3n) is 5.39. The molecule has 1 fully saturated rings. The van der Waals surface area contributed by atoms with E-state index in [1.165, 1.54) is 0 Å². The fourth-order valence-corrected chi connectivity index (χ4v) is 4.21. The molecule has 1 aliphatic heterocycles. The van der Waals surface area contributed by atoms with E-state index in [9.17, 15) is 18.0 Å². The minimum atomic E-state index is -4.48. The van der Waals surface area contributed by atoms with E-state index < -0.39 is 11.7 Å². The van der Waals surface area contributed by atoms with Crippen LogP contribution in [0.2, 0.25) is 10.0 Å². The second-order valence-electron chi connectivity index (χ2n) is 7.29. The van der Waals surface area contributed by atoms with Gasteiger partial charge < -0.3 is 14.2 Å². The maximum atomic E-state index is 13.1. The number of pyridine rings is 1. The van der Waals surface area contributed by atoms with Crippen molar-refractivity contribution in [2.75, 3.05) is 26.3 Å². The summed E-state index contributed by atoms with van der Waals surface area (Å²) in [4.78, 5) is 18.5. The van der Waals surface area contributed by atoms with E-state index in [1.54, 1.807) is 34.7 Å². The van der Waals surface area contributed by atoms with Crippen molar-refractivity contribution in [2.45, 2.75) is 12.6 Å². The molecule has 0 aliphatic carbocycles. The molecule has 3 aromatic rings. The van der Waals surface area contributed by atoms with Crippen LogP contribution < -0.4 is 0 Å². The van der Waals surface area contributed by atoms with Gasteiger partial charge in [-0.05, 0) is 29.8 Å². The summed E-state index contributed by atoms with van der Waals surface area (Å²) in [6, 6.07) is 5.95. The number of morpholine rings is 1. The summed E-state index contributed by atoms with van der Waals surface area (Å²) in [6.07, 6.45) is -3.43. The highest BCUT2D eigenvalue weighted by atomic mass is 35.5. The normalized spacial score (nSPS) is 15.0. The highest BCUT2D eigenvalue weighted by Gasteiger charge is 2.31. The van der Waals surface area contributed by atoms with Gasteiger partial charge in [-0.3, -0.25) is 9.78 Å². The third kappa shape index (κ3) is 4.24. The Bertz CT molecular complexity index is 1150. The number of amides is 1. The quantitative estimate of drug-likeness (QED) is 0.542. The predicted molar refractivity (Wildman–Crippen MR) is 112 cm³/mol. The SMILES string of the molecule is Cn1c(Cc2c(Cl)ccc(C(=O)N3CCOCC3)c2Cl)cc2ncc(C(F)(F)F)cc21. The molecule has 1 saturated heterocycles. The number of nitrogens with zero attached hydrogens (tertiary/aromatic N) is 3. The molecule has 0 unspecified atom stereocenters. The van der Waals surface area contributed by atoms with Crippen LogP contribution in [0.3, 0.4) is 0 Å². The number of rotatable bonds is 3. The summed E-state index contributed by atoms with van der Waals surface area (Å²) in [5.74, 6) is -0.209. The number of aryl methyl sites for hydroxylation is 1. The van der Waals surface area contributed by atoms with Crippen molar-refractivity contribution in [3.8, 4) is 0 Å². The first-order valence-electron chi connectivity index (χ1n) is 9.52. The highest BCUT2D eigenvalue weighted by Crippen LogP contribution is 2.34. The molecule has 0 bridgehead atoms. The summed E-state index contributed by atoms with van der Waals surface area (Å²) in [5.41, 5.74) is 1.49. The molecule has 0 N–H and O–H groups in total. The van der Waals surface area contributed by atoms with Gasteiger partial charge in [-0.2, -0.15) is 13.2 Å². The number of halogens is 5. The predicted octanol–water partition coefficient (Wildman–Crippen LogP) is 4.96. The number of ether oxygens (including phenoxy) is 1. The van der Waals surface area contributed by atoms with E-state index >= 15 is 0 Å². The van der Waals surface area contributed by atoms with Crippen molar-refractivity contribution in [3.63, 3.8) is 0 Å². The van der Waals surface area contributed by atoms with Crippen LogP contribution in [-0.2, 0) is 24.4 Å². The summed E-state index contributed by atoms with van der Waals surface area (Å²) in [7, 11) is 1.66. The largest absolute Gasteiger partial charge is 0.417 e. The minimum Gasteiger partial charge on any atom is -0.378 e. The molecule has 0 atom stereocenters. The van der Waals surface area contributed by atoms with E-state index in [-0.39, 0.29) is 17.4 Å². The fourth-order valence-electron chi connectivity index (χ4n) is 3.62. The lowest BCUT2D eigenvalue weighted by atomic mass is 10.0. The number of hydrogen-bond acceptors (Lipinski definition) is 3. The molecule has 0 radical (unpaired) electrons. The number of fused-ring (bicyclic) bond motifs is 1. The Morgan fingerprint density at radius 1 is 1.19 bits per heavy atom. The van der Waals surface area contributed by atoms with E-state index in [2.05, 4.69) is 4.98 Å². The topological polar surface area (TPSA) is 47.4 Å². The average molecular weight is 472 g/mol. The zero-order chi connectivity index (χ0) is 22.3. The molecular weight excluding hydrogens is 454 g/mol. The van der Waals surface area contributed by atoms with Crippen molar-refractivity contribution in [1.82, 2.24) is 14.5 Å². The first-order chi connectivity index (χ1) is 14.7. The van der Waals surface area contributed by atoms with Gasteiger partial charge in [0.05, 0.1) is 40.4 Å². The number of aromatic nitrogens is 2. The molecule has 10 heteroatoms. The second kappa shape index (κ2) is 8.33.